The largest absolute Gasteiger partial charge is 0.366 e. The summed E-state index contributed by atoms with van der Waals surface area (Å²) >= 11 is 6.14. The van der Waals surface area contributed by atoms with Crippen LogP contribution in [0.4, 0.5) is 5.69 Å². The predicted octanol–water partition coefficient (Wildman–Crippen LogP) is 3.55. The van der Waals surface area contributed by atoms with Crippen LogP contribution in [0, 0.1) is 0 Å². The van der Waals surface area contributed by atoms with Gasteiger partial charge in [0.05, 0.1) is 10.7 Å². The van der Waals surface area contributed by atoms with Crippen molar-refractivity contribution in [2.75, 3.05) is 18.0 Å². The minimum absolute atomic E-state index is 0.611. The minimum atomic E-state index is 0.611. The second kappa shape index (κ2) is 6.33. The first-order valence-corrected chi connectivity index (χ1v) is 5.72. The van der Waals surface area contributed by atoms with Crippen molar-refractivity contribution in [3.63, 3.8) is 0 Å². The summed E-state index contributed by atoms with van der Waals surface area (Å²) in [5, 5.41) is 0.611. The number of benzene rings is 1. The van der Waals surface area contributed by atoms with Crippen LogP contribution in [0.3, 0.4) is 0 Å². The summed E-state index contributed by atoms with van der Waals surface area (Å²) in [6, 6.07) is 5.36. The summed E-state index contributed by atoms with van der Waals surface area (Å²) in [5.41, 5.74) is 1.43. The lowest BCUT2D eigenvalue weighted by molar-refractivity contribution is 0.112. The zero-order chi connectivity index (χ0) is 12.0. The Balaban J connectivity index is 3.14. The van der Waals surface area contributed by atoms with Gasteiger partial charge in [0.25, 0.3) is 0 Å². The molecule has 16 heavy (non-hydrogen) atoms. The van der Waals surface area contributed by atoms with E-state index in [4.69, 9.17) is 11.6 Å². The van der Waals surface area contributed by atoms with Crippen molar-refractivity contribution >= 4 is 23.6 Å². The van der Waals surface area contributed by atoms with Crippen molar-refractivity contribution in [3.05, 3.63) is 41.4 Å². The lowest BCUT2D eigenvalue weighted by Gasteiger charge is -2.25. The van der Waals surface area contributed by atoms with Crippen LogP contribution >= 0.6 is 11.6 Å². The highest BCUT2D eigenvalue weighted by Gasteiger charge is 2.12. The van der Waals surface area contributed by atoms with Gasteiger partial charge < -0.3 is 4.90 Å². The number of halogens is 1. The lowest BCUT2D eigenvalue weighted by Crippen LogP contribution is -2.25. The zero-order valence-electron chi connectivity index (χ0n) is 9.45. The average molecular weight is 238 g/mol. The van der Waals surface area contributed by atoms with E-state index in [2.05, 4.69) is 18.4 Å². The molecule has 0 unspecified atom stereocenters. The zero-order valence-corrected chi connectivity index (χ0v) is 10.2. The number of hydrogen-bond acceptors (Lipinski definition) is 2. The molecule has 0 atom stereocenters. The van der Waals surface area contributed by atoms with Crippen molar-refractivity contribution < 1.29 is 4.79 Å². The van der Waals surface area contributed by atoms with Gasteiger partial charge in [0.2, 0.25) is 0 Å². The summed E-state index contributed by atoms with van der Waals surface area (Å²) in [4.78, 5) is 13.0. The maximum atomic E-state index is 11.0. The van der Waals surface area contributed by atoms with Gasteiger partial charge in [-0.05, 0) is 18.6 Å². The molecule has 0 aromatic heterocycles. The van der Waals surface area contributed by atoms with Crippen LogP contribution in [0.1, 0.15) is 23.7 Å². The quantitative estimate of drug-likeness (QED) is 0.557. The smallest absolute Gasteiger partial charge is 0.152 e. The van der Waals surface area contributed by atoms with Crippen molar-refractivity contribution in [3.8, 4) is 0 Å². The number of hydrogen-bond donors (Lipinski definition) is 0. The van der Waals surface area contributed by atoms with Crippen LogP contribution in [0.15, 0.2) is 30.9 Å². The van der Waals surface area contributed by atoms with E-state index >= 15 is 0 Å². The fourth-order valence-corrected chi connectivity index (χ4v) is 1.98. The van der Waals surface area contributed by atoms with Crippen LogP contribution in [0.5, 0.6) is 0 Å². The van der Waals surface area contributed by atoms with E-state index in [1.54, 1.807) is 18.2 Å². The second-order valence-corrected chi connectivity index (χ2v) is 3.94. The molecule has 1 rings (SSSR count). The van der Waals surface area contributed by atoms with Crippen LogP contribution in [-0.2, 0) is 0 Å². The van der Waals surface area contributed by atoms with E-state index in [1.807, 2.05) is 6.08 Å². The van der Waals surface area contributed by atoms with Crippen LogP contribution < -0.4 is 4.90 Å². The van der Waals surface area contributed by atoms with E-state index in [1.165, 1.54) is 0 Å². The van der Waals surface area contributed by atoms with Gasteiger partial charge in [0.1, 0.15) is 0 Å². The average Bonchev–Trinajstić information content (AvgIpc) is 2.28. The third-order valence-electron chi connectivity index (χ3n) is 2.30. The molecule has 0 aliphatic carbocycles. The summed E-state index contributed by atoms with van der Waals surface area (Å²) in [6.07, 6.45) is 3.65. The molecule has 0 fully saturated rings. The molecule has 86 valence electrons. The molecule has 0 heterocycles. The number of anilines is 1. The molecule has 1 aromatic carbocycles. The fourth-order valence-electron chi connectivity index (χ4n) is 1.68. The Morgan fingerprint density at radius 1 is 1.50 bits per heavy atom. The third-order valence-corrected chi connectivity index (χ3v) is 2.61. The molecule has 1 aromatic rings. The minimum Gasteiger partial charge on any atom is -0.366 e. The number of carbonyl (C=O) groups is 1. The first-order chi connectivity index (χ1) is 7.74. The maximum absolute atomic E-state index is 11.0. The van der Waals surface area contributed by atoms with Gasteiger partial charge in [-0.25, -0.2) is 0 Å². The molecule has 0 bridgehead atoms. The molecular weight excluding hydrogens is 222 g/mol. The van der Waals surface area contributed by atoms with Gasteiger partial charge in [-0.1, -0.05) is 30.7 Å². The predicted molar refractivity (Wildman–Crippen MR) is 69.5 cm³/mol. The maximum Gasteiger partial charge on any atom is 0.152 e. The fraction of sp³-hybridized carbons (Fsp3) is 0.308. The Morgan fingerprint density at radius 2 is 2.25 bits per heavy atom. The summed E-state index contributed by atoms with van der Waals surface area (Å²) < 4.78 is 0. The van der Waals surface area contributed by atoms with E-state index in [0.29, 0.717) is 17.1 Å². The molecule has 0 N–H and O–H groups in total. The van der Waals surface area contributed by atoms with Crippen molar-refractivity contribution in [1.82, 2.24) is 0 Å². The number of carbonyl (C=O) groups excluding carboxylic acids is 1. The van der Waals surface area contributed by atoms with E-state index < -0.39 is 0 Å². The van der Waals surface area contributed by atoms with E-state index in [0.717, 1.165) is 24.9 Å². The highest BCUT2D eigenvalue weighted by atomic mass is 35.5. The van der Waals surface area contributed by atoms with Crippen molar-refractivity contribution in [2.45, 2.75) is 13.3 Å². The van der Waals surface area contributed by atoms with Gasteiger partial charge in [-0.15, -0.1) is 6.58 Å². The first kappa shape index (κ1) is 12.8. The number of rotatable bonds is 6. The number of para-hydroxylation sites is 1. The Morgan fingerprint density at radius 3 is 2.81 bits per heavy atom. The molecule has 0 radical (unpaired) electrons. The Labute approximate surface area is 102 Å². The van der Waals surface area contributed by atoms with Gasteiger partial charge in [-0.3, -0.25) is 4.79 Å². The van der Waals surface area contributed by atoms with Gasteiger partial charge in [-0.2, -0.15) is 0 Å². The standard InChI is InChI=1S/C13H16ClNO/c1-3-8-15(9-4-2)13-11(10-16)6-5-7-12(13)14/h3,5-7,10H,1,4,8-9H2,2H3. The summed E-state index contributed by atoms with van der Waals surface area (Å²) in [5.74, 6) is 0. The molecule has 2 nitrogen and oxygen atoms in total. The first-order valence-electron chi connectivity index (χ1n) is 5.34. The Hall–Kier alpha value is -1.28. The normalized spacial score (nSPS) is 9.88. The van der Waals surface area contributed by atoms with Gasteiger partial charge in [0, 0.05) is 18.7 Å². The van der Waals surface area contributed by atoms with Crippen LogP contribution in [-0.4, -0.2) is 19.4 Å². The molecule has 3 heteroatoms. The Kier molecular flexibility index (Phi) is 5.06. The van der Waals surface area contributed by atoms with E-state index in [9.17, 15) is 4.79 Å². The topological polar surface area (TPSA) is 20.3 Å². The molecule has 0 spiro atoms. The summed E-state index contributed by atoms with van der Waals surface area (Å²) in [6.45, 7) is 7.36. The lowest BCUT2D eigenvalue weighted by atomic mass is 10.1. The Bertz CT molecular complexity index is 376. The van der Waals surface area contributed by atoms with E-state index in [-0.39, 0.29) is 0 Å². The molecule has 0 aliphatic heterocycles. The molecule has 0 saturated carbocycles. The van der Waals surface area contributed by atoms with Crippen molar-refractivity contribution in [1.29, 1.82) is 0 Å². The van der Waals surface area contributed by atoms with Crippen LogP contribution in [0.2, 0.25) is 5.02 Å². The summed E-state index contributed by atoms with van der Waals surface area (Å²) in [7, 11) is 0. The molecule has 0 amide bonds. The molecular formula is C13H16ClNO. The highest BCUT2D eigenvalue weighted by molar-refractivity contribution is 6.33. The highest BCUT2D eigenvalue weighted by Crippen LogP contribution is 2.29. The monoisotopic (exact) mass is 237 g/mol. The number of nitrogens with zero attached hydrogens (tertiary/aromatic N) is 1. The molecule has 0 saturated heterocycles. The van der Waals surface area contributed by atoms with Crippen molar-refractivity contribution in [2.24, 2.45) is 0 Å². The number of aldehydes is 1. The van der Waals surface area contributed by atoms with Crippen LogP contribution in [0.25, 0.3) is 0 Å². The third kappa shape index (κ3) is 2.86. The SMILES string of the molecule is C=CCN(CCC)c1c(Cl)cccc1C=O. The second-order valence-electron chi connectivity index (χ2n) is 3.53. The molecule has 0 aliphatic rings. The van der Waals surface area contributed by atoms with Gasteiger partial charge in [0.15, 0.2) is 6.29 Å². The van der Waals surface area contributed by atoms with Gasteiger partial charge >= 0.3 is 0 Å².